The molecule has 2 N–H and O–H groups in total. The Bertz CT molecular complexity index is 472. The van der Waals surface area contributed by atoms with Gasteiger partial charge in [0.2, 0.25) is 0 Å². The first kappa shape index (κ1) is 13.6. The molecule has 0 spiro atoms. The lowest BCUT2D eigenvalue weighted by Gasteiger charge is -2.06. The third kappa shape index (κ3) is 4.39. The zero-order valence-electron chi connectivity index (χ0n) is 11.5. The molecule has 4 nitrogen and oxygen atoms in total. The Labute approximate surface area is 114 Å². The van der Waals surface area contributed by atoms with E-state index in [0.29, 0.717) is 0 Å². The molecule has 1 heterocycles. The number of nitrogens with zero attached hydrogens (tertiary/aromatic N) is 3. The lowest BCUT2D eigenvalue weighted by atomic mass is 10.0. The second-order valence-electron chi connectivity index (χ2n) is 5.12. The average molecular weight is 258 g/mol. The van der Waals surface area contributed by atoms with Gasteiger partial charge in [0.25, 0.3) is 0 Å². The SMILES string of the molecule is Cn1cnnc1CC1CCCC1.Nc1ccccc1. The highest BCUT2D eigenvalue weighted by Gasteiger charge is 2.17. The molecule has 0 aliphatic heterocycles. The molecule has 4 heteroatoms. The average Bonchev–Trinajstić information content (AvgIpc) is 3.05. The number of benzene rings is 1. The van der Waals surface area contributed by atoms with Gasteiger partial charge in [0.05, 0.1) is 0 Å². The minimum absolute atomic E-state index is 0.822. The van der Waals surface area contributed by atoms with Gasteiger partial charge in [-0.25, -0.2) is 0 Å². The normalized spacial score (nSPS) is 15.0. The molecular weight excluding hydrogens is 236 g/mol. The van der Waals surface area contributed by atoms with Crippen LogP contribution in [0.5, 0.6) is 0 Å². The van der Waals surface area contributed by atoms with Gasteiger partial charge >= 0.3 is 0 Å². The Morgan fingerprint density at radius 2 is 1.89 bits per heavy atom. The van der Waals surface area contributed by atoms with Crippen LogP contribution in [-0.4, -0.2) is 14.8 Å². The van der Waals surface area contributed by atoms with E-state index in [1.807, 2.05) is 41.9 Å². The van der Waals surface area contributed by atoms with Crippen molar-refractivity contribution in [1.29, 1.82) is 0 Å². The summed E-state index contributed by atoms with van der Waals surface area (Å²) in [7, 11) is 2.02. The molecule has 3 rings (SSSR count). The Kier molecular flexibility index (Phi) is 4.95. The number of anilines is 1. The van der Waals surface area contributed by atoms with Crippen molar-refractivity contribution < 1.29 is 0 Å². The number of nitrogens with two attached hydrogens (primary N) is 1. The summed E-state index contributed by atoms with van der Waals surface area (Å²) in [5.74, 6) is 2.01. The summed E-state index contributed by atoms with van der Waals surface area (Å²) in [6.07, 6.45) is 8.48. The van der Waals surface area contributed by atoms with Crippen LogP contribution in [0.4, 0.5) is 5.69 Å². The van der Waals surface area contributed by atoms with Crippen LogP contribution in [0.15, 0.2) is 36.7 Å². The fourth-order valence-electron chi connectivity index (χ4n) is 2.42. The van der Waals surface area contributed by atoms with E-state index in [0.717, 1.165) is 23.9 Å². The quantitative estimate of drug-likeness (QED) is 0.843. The summed E-state index contributed by atoms with van der Waals surface area (Å²) in [4.78, 5) is 0. The van der Waals surface area contributed by atoms with E-state index in [4.69, 9.17) is 5.73 Å². The van der Waals surface area contributed by atoms with Crippen LogP contribution in [-0.2, 0) is 13.5 Å². The molecule has 102 valence electrons. The van der Waals surface area contributed by atoms with E-state index in [1.165, 1.54) is 25.7 Å². The Morgan fingerprint density at radius 3 is 2.37 bits per heavy atom. The summed E-state index contributed by atoms with van der Waals surface area (Å²) in [5, 5.41) is 7.97. The van der Waals surface area contributed by atoms with Gasteiger partial charge in [-0.1, -0.05) is 43.9 Å². The minimum atomic E-state index is 0.822. The molecule has 1 aromatic heterocycles. The van der Waals surface area contributed by atoms with E-state index in [9.17, 15) is 0 Å². The maximum Gasteiger partial charge on any atom is 0.132 e. The second-order valence-corrected chi connectivity index (χ2v) is 5.12. The monoisotopic (exact) mass is 258 g/mol. The topological polar surface area (TPSA) is 56.7 Å². The highest BCUT2D eigenvalue weighted by Crippen LogP contribution is 2.27. The van der Waals surface area contributed by atoms with E-state index in [-0.39, 0.29) is 0 Å². The van der Waals surface area contributed by atoms with E-state index >= 15 is 0 Å². The summed E-state index contributed by atoms with van der Waals surface area (Å²) in [6.45, 7) is 0. The number of hydrogen-bond donors (Lipinski definition) is 1. The van der Waals surface area contributed by atoms with Gasteiger partial charge in [0.15, 0.2) is 0 Å². The van der Waals surface area contributed by atoms with Crippen LogP contribution in [0.1, 0.15) is 31.5 Å². The van der Waals surface area contributed by atoms with Gasteiger partial charge in [-0.2, -0.15) is 0 Å². The first-order valence-electron chi connectivity index (χ1n) is 6.89. The lowest BCUT2D eigenvalue weighted by molar-refractivity contribution is 0.520. The maximum atomic E-state index is 5.36. The van der Waals surface area contributed by atoms with Gasteiger partial charge in [0, 0.05) is 19.2 Å². The Hall–Kier alpha value is -1.84. The molecule has 1 saturated carbocycles. The van der Waals surface area contributed by atoms with Crippen molar-refractivity contribution in [3.8, 4) is 0 Å². The predicted molar refractivity (Wildman–Crippen MR) is 77.5 cm³/mol. The molecule has 2 aromatic rings. The van der Waals surface area contributed by atoms with Crippen molar-refractivity contribution in [2.24, 2.45) is 13.0 Å². The number of aromatic nitrogens is 3. The molecule has 19 heavy (non-hydrogen) atoms. The van der Waals surface area contributed by atoms with Crippen molar-refractivity contribution in [1.82, 2.24) is 14.8 Å². The van der Waals surface area contributed by atoms with Gasteiger partial charge < -0.3 is 10.3 Å². The Balaban J connectivity index is 0.000000163. The van der Waals surface area contributed by atoms with E-state index in [2.05, 4.69) is 10.2 Å². The predicted octanol–water partition coefficient (Wildman–Crippen LogP) is 2.82. The summed E-state index contributed by atoms with van der Waals surface area (Å²) in [6, 6.07) is 9.49. The van der Waals surface area contributed by atoms with Crippen molar-refractivity contribution >= 4 is 5.69 Å². The van der Waals surface area contributed by atoms with E-state index < -0.39 is 0 Å². The molecular formula is C15H22N4. The number of hydrogen-bond acceptors (Lipinski definition) is 3. The van der Waals surface area contributed by atoms with Crippen LogP contribution in [0, 0.1) is 5.92 Å². The number of para-hydroxylation sites is 1. The van der Waals surface area contributed by atoms with Crippen LogP contribution < -0.4 is 5.73 Å². The molecule has 0 amide bonds. The largest absolute Gasteiger partial charge is 0.399 e. The lowest BCUT2D eigenvalue weighted by Crippen LogP contribution is -2.04. The van der Waals surface area contributed by atoms with Crippen molar-refractivity contribution in [3.63, 3.8) is 0 Å². The number of aryl methyl sites for hydroxylation is 1. The zero-order chi connectivity index (χ0) is 13.5. The fourth-order valence-corrected chi connectivity index (χ4v) is 2.42. The molecule has 0 bridgehead atoms. The highest BCUT2D eigenvalue weighted by molar-refractivity contribution is 5.35. The maximum absolute atomic E-state index is 5.36. The first-order valence-corrected chi connectivity index (χ1v) is 6.89. The van der Waals surface area contributed by atoms with Crippen molar-refractivity contribution in [2.75, 3.05) is 5.73 Å². The standard InChI is InChI=1S/C9H15N3.C6H7N/c1-12-7-10-11-9(12)6-8-4-2-3-5-8;7-6-4-2-1-3-5-6/h7-8H,2-6H2,1H3;1-5H,7H2. The van der Waals surface area contributed by atoms with E-state index in [1.54, 1.807) is 6.33 Å². The van der Waals surface area contributed by atoms with Gasteiger partial charge in [-0.3, -0.25) is 0 Å². The third-order valence-electron chi connectivity index (χ3n) is 3.55. The molecule has 1 fully saturated rings. The smallest absolute Gasteiger partial charge is 0.132 e. The minimum Gasteiger partial charge on any atom is -0.399 e. The van der Waals surface area contributed by atoms with Crippen molar-refractivity contribution in [2.45, 2.75) is 32.1 Å². The van der Waals surface area contributed by atoms with Crippen molar-refractivity contribution in [3.05, 3.63) is 42.5 Å². The molecule has 0 atom stereocenters. The molecule has 0 unspecified atom stereocenters. The first-order chi connectivity index (χ1) is 9.25. The van der Waals surface area contributed by atoms with Crippen LogP contribution in [0.2, 0.25) is 0 Å². The summed E-state index contributed by atoms with van der Waals surface area (Å²) >= 11 is 0. The molecule has 0 saturated heterocycles. The fraction of sp³-hybridized carbons (Fsp3) is 0.467. The molecule has 1 aliphatic rings. The molecule has 1 aromatic carbocycles. The van der Waals surface area contributed by atoms with Gasteiger partial charge in [-0.15, -0.1) is 10.2 Å². The summed E-state index contributed by atoms with van der Waals surface area (Å²) < 4.78 is 2.03. The highest BCUT2D eigenvalue weighted by atomic mass is 15.2. The number of nitrogen functional groups attached to an aromatic ring is 1. The van der Waals surface area contributed by atoms with Crippen LogP contribution >= 0.6 is 0 Å². The van der Waals surface area contributed by atoms with Crippen LogP contribution in [0.3, 0.4) is 0 Å². The third-order valence-corrected chi connectivity index (χ3v) is 3.55. The zero-order valence-corrected chi connectivity index (χ0v) is 11.5. The molecule has 1 aliphatic carbocycles. The van der Waals surface area contributed by atoms with Crippen LogP contribution in [0.25, 0.3) is 0 Å². The number of rotatable bonds is 2. The second kappa shape index (κ2) is 6.92. The summed E-state index contributed by atoms with van der Waals surface area (Å²) in [5.41, 5.74) is 6.18. The van der Waals surface area contributed by atoms with Gasteiger partial charge in [0.1, 0.15) is 12.2 Å². The Morgan fingerprint density at radius 1 is 1.21 bits per heavy atom. The molecule has 0 radical (unpaired) electrons. The van der Waals surface area contributed by atoms with Gasteiger partial charge in [-0.05, 0) is 18.1 Å².